The fourth-order valence-corrected chi connectivity index (χ4v) is 2.23. The summed E-state index contributed by atoms with van der Waals surface area (Å²) in [6.07, 6.45) is 3.78. The molecular weight excluding hydrogens is 204 g/mol. The third kappa shape index (κ3) is 3.19. The number of carbonyl (C=O) groups excluding carboxylic acids is 1. The van der Waals surface area contributed by atoms with E-state index < -0.39 is 6.04 Å². The van der Waals surface area contributed by atoms with Crippen LogP contribution in [-0.2, 0) is 9.53 Å². The Morgan fingerprint density at radius 2 is 2.19 bits per heavy atom. The summed E-state index contributed by atoms with van der Waals surface area (Å²) in [6.45, 7) is 6.71. The van der Waals surface area contributed by atoms with E-state index in [1.165, 1.54) is 0 Å². The van der Waals surface area contributed by atoms with Crippen LogP contribution in [0, 0.1) is 0 Å². The van der Waals surface area contributed by atoms with Crippen LogP contribution in [0.25, 0.3) is 0 Å². The molecule has 0 aromatic heterocycles. The molecule has 1 unspecified atom stereocenters. The average Bonchev–Trinajstić information content (AvgIpc) is 2.29. The van der Waals surface area contributed by atoms with Crippen LogP contribution in [0.2, 0.25) is 0 Å². The lowest BCUT2D eigenvalue weighted by atomic mass is 9.86. The molecule has 0 aromatic rings. The molecule has 1 aliphatic heterocycles. The number of nitrogens with one attached hydrogen (secondary N) is 1. The van der Waals surface area contributed by atoms with E-state index >= 15 is 0 Å². The SMILES string of the molecule is CCC1(CC)CC(NC(=O)[C@@H](C)N)CCO1. The number of hydrogen-bond donors (Lipinski definition) is 2. The summed E-state index contributed by atoms with van der Waals surface area (Å²) in [5.41, 5.74) is 5.49. The third-order valence-corrected chi connectivity index (χ3v) is 3.54. The van der Waals surface area contributed by atoms with Gasteiger partial charge in [0.1, 0.15) is 0 Å². The van der Waals surface area contributed by atoms with Crippen molar-refractivity contribution in [3.8, 4) is 0 Å². The highest BCUT2D eigenvalue weighted by Crippen LogP contribution is 2.31. The Bertz CT molecular complexity index is 237. The van der Waals surface area contributed by atoms with Crippen LogP contribution in [0.4, 0.5) is 0 Å². The van der Waals surface area contributed by atoms with Crippen molar-refractivity contribution < 1.29 is 9.53 Å². The standard InChI is InChI=1S/C12H24N2O2/c1-4-12(5-2)8-10(6-7-16-12)14-11(15)9(3)13/h9-10H,4-8,13H2,1-3H3,(H,14,15)/t9-,10?/m1/s1. The second-order valence-corrected chi connectivity index (χ2v) is 4.73. The second kappa shape index (κ2) is 5.64. The van der Waals surface area contributed by atoms with E-state index in [1.807, 2.05) is 0 Å². The van der Waals surface area contributed by atoms with Gasteiger partial charge in [-0.3, -0.25) is 4.79 Å². The first-order chi connectivity index (χ1) is 7.53. The lowest BCUT2D eigenvalue weighted by molar-refractivity contribution is -0.126. The molecule has 1 amide bonds. The average molecular weight is 228 g/mol. The fourth-order valence-electron chi connectivity index (χ4n) is 2.23. The largest absolute Gasteiger partial charge is 0.375 e. The predicted molar refractivity (Wildman–Crippen MR) is 64.1 cm³/mol. The molecule has 4 nitrogen and oxygen atoms in total. The Labute approximate surface area is 97.9 Å². The van der Waals surface area contributed by atoms with Crippen LogP contribution in [0.3, 0.4) is 0 Å². The molecule has 0 aromatic carbocycles. The molecular formula is C12H24N2O2. The van der Waals surface area contributed by atoms with Gasteiger partial charge < -0.3 is 15.8 Å². The monoisotopic (exact) mass is 228 g/mol. The van der Waals surface area contributed by atoms with Gasteiger partial charge in [0.25, 0.3) is 0 Å². The van der Waals surface area contributed by atoms with E-state index in [2.05, 4.69) is 19.2 Å². The Morgan fingerprint density at radius 1 is 1.56 bits per heavy atom. The molecule has 1 heterocycles. The summed E-state index contributed by atoms with van der Waals surface area (Å²) in [5.74, 6) is -0.0620. The van der Waals surface area contributed by atoms with Gasteiger partial charge in [0.15, 0.2) is 0 Å². The fraction of sp³-hybridized carbons (Fsp3) is 0.917. The number of ether oxygens (including phenoxy) is 1. The molecule has 1 saturated heterocycles. The van der Waals surface area contributed by atoms with Gasteiger partial charge in [-0.1, -0.05) is 13.8 Å². The van der Waals surface area contributed by atoms with Crippen LogP contribution in [0.1, 0.15) is 46.5 Å². The van der Waals surface area contributed by atoms with Crippen molar-refractivity contribution in [1.82, 2.24) is 5.32 Å². The van der Waals surface area contributed by atoms with E-state index in [1.54, 1.807) is 6.92 Å². The molecule has 0 saturated carbocycles. The van der Waals surface area contributed by atoms with E-state index in [9.17, 15) is 4.79 Å². The minimum Gasteiger partial charge on any atom is -0.375 e. The van der Waals surface area contributed by atoms with Gasteiger partial charge in [-0.2, -0.15) is 0 Å². The maximum absolute atomic E-state index is 11.5. The number of nitrogens with two attached hydrogens (primary N) is 1. The van der Waals surface area contributed by atoms with Crippen LogP contribution in [0.5, 0.6) is 0 Å². The lowest BCUT2D eigenvalue weighted by Crippen LogP contribution is -2.51. The molecule has 94 valence electrons. The predicted octanol–water partition coefficient (Wildman–Crippen LogP) is 1.19. The molecule has 0 spiro atoms. The number of amides is 1. The molecule has 16 heavy (non-hydrogen) atoms. The smallest absolute Gasteiger partial charge is 0.236 e. The first kappa shape index (κ1) is 13.5. The van der Waals surface area contributed by atoms with Crippen molar-refractivity contribution in [3.63, 3.8) is 0 Å². The van der Waals surface area contributed by atoms with Crippen molar-refractivity contribution in [1.29, 1.82) is 0 Å². The zero-order chi connectivity index (χ0) is 12.2. The van der Waals surface area contributed by atoms with Gasteiger partial charge >= 0.3 is 0 Å². The zero-order valence-corrected chi connectivity index (χ0v) is 10.6. The van der Waals surface area contributed by atoms with Crippen LogP contribution in [0.15, 0.2) is 0 Å². The van der Waals surface area contributed by atoms with Gasteiger partial charge in [-0.25, -0.2) is 0 Å². The minimum atomic E-state index is -0.430. The molecule has 1 fully saturated rings. The van der Waals surface area contributed by atoms with Gasteiger partial charge in [-0.05, 0) is 32.6 Å². The molecule has 0 radical (unpaired) electrons. The molecule has 0 aliphatic carbocycles. The Hall–Kier alpha value is -0.610. The summed E-state index contributed by atoms with van der Waals surface area (Å²) < 4.78 is 5.85. The Kier molecular flexibility index (Phi) is 4.74. The first-order valence-corrected chi connectivity index (χ1v) is 6.23. The van der Waals surface area contributed by atoms with Crippen LogP contribution < -0.4 is 11.1 Å². The number of rotatable bonds is 4. The van der Waals surface area contributed by atoms with Gasteiger partial charge in [0.2, 0.25) is 5.91 Å². The third-order valence-electron chi connectivity index (χ3n) is 3.54. The van der Waals surface area contributed by atoms with E-state index in [0.717, 1.165) is 32.3 Å². The maximum Gasteiger partial charge on any atom is 0.236 e. The summed E-state index contributed by atoms with van der Waals surface area (Å²) in [5, 5.41) is 3.00. The highest BCUT2D eigenvalue weighted by Gasteiger charge is 2.35. The van der Waals surface area contributed by atoms with Gasteiger partial charge in [0, 0.05) is 12.6 Å². The molecule has 2 atom stereocenters. The van der Waals surface area contributed by atoms with Gasteiger partial charge in [0.05, 0.1) is 11.6 Å². The van der Waals surface area contributed by atoms with E-state index in [4.69, 9.17) is 10.5 Å². The quantitative estimate of drug-likeness (QED) is 0.759. The van der Waals surface area contributed by atoms with Crippen molar-refractivity contribution in [3.05, 3.63) is 0 Å². The van der Waals surface area contributed by atoms with Crippen molar-refractivity contribution >= 4 is 5.91 Å². The Balaban J connectivity index is 2.53. The molecule has 1 rings (SSSR count). The van der Waals surface area contributed by atoms with Crippen LogP contribution in [-0.4, -0.2) is 30.2 Å². The van der Waals surface area contributed by atoms with Gasteiger partial charge in [-0.15, -0.1) is 0 Å². The van der Waals surface area contributed by atoms with Crippen LogP contribution >= 0.6 is 0 Å². The summed E-state index contributed by atoms with van der Waals surface area (Å²) in [4.78, 5) is 11.5. The van der Waals surface area contributed by atoms with E-state index in [0.29, 0.717) is 0 Å². The minimum absolute atomic E-state index is 0.0476. The number of carbonyl (C=O) groups is 1. The van der Waals surface area contributed by atoms with Crippen molar-refractivity contribution in [2.45, 2.75) is 64.1 Å². The second-order valence-electron chi connectivity index (χ2n) is 4.73. The summed E-state index contributed by atoms with van der Waals surface area (Å²) in [7, 11) is 0. The van der Waals surface area contributed by atoms with E-state index in [-0.39, 0.29) is 17.6 Å². The van der Waals surface area contributed by atoms with Crippen molar-refractivity contribution in [2.75, 3.05) is 6.61 Å². The Morgan fingerprint density at radius 3 is 2.69 bits per heavy atom. The molecule has 1 aliphatic rings. The topological polar surface area (TPSA) is 64.4 Å². The zero-order valence-electron chi connectivity index (χ0n) is 10.6. The summed E-state index contributed by atoms with van der Waals surface area (Å²) >= 11 is 0. The maximum atomic E-state index is 11.5. The highest BCUT2D eigenvalue weighted by atomic mass is 16.5. The first-order valence-electron chi connectivity index (χ1n) is 6.23. The number of hydrogen-bond acceptors (Lipinski definition) is 3. The molecule has 0 bridgehead atoms. The van der Waals surface area contributed by atoms with Crippen molar-refractivity contribution in [2.24, 2.45) is 5.73 Å². The summed E-state index contributed by atoms with van der Waals surface area (Å²) in [6, 6.07) is -0.215. The highest BCUT2D eigenvalue weighted by molar-refractivity contribution is 5.81. The molecule has 3 N–H and O–H groups in total. The normalized spacial score (nSPS) is 26.1. The lowest BCUT2D eigenvalue weighted by Gasteiger charge is -2.40. The molecule has 4 heteroatoms.